The molecule has 0 aromatic heterocycles. The number of rotatable bonds is 4. The minimum atomic E-state index is -2.76. The summed E-state index contributed by atoms with van der Waals surface area (Å²) in [5.41, 5.74) is 4.43. The van der Waals surface area contributed by atoms with Crippen molar-refractivity contribution in [2.75, 3.05) is 11.9 Å². The van der Waals surface area contributed by atoms with Gasteiger partial charge >= 0.3 is 0 Å². The van der Waals surface area contributed by atoms with Crippen LogP contribution in [-0.4, -0.2) is 21.4 Å². The van der Waals surface area contributed by atoms with E-state index in [2.05, 4.69) is 4.72 Å². The number of carbonyl (C=O) groups is 1. The molecule has 1 atom stereocenters. The van der Waals surface area contributed by atoms with Gasteiger partial charge in [-0.05, 0) is 42.5 Å². The molecule has 4 rings (SSSR count). The van der Waals surface area contributed by atoms with Crippen molar-refractivity contribution in [1.29, 1.82) is 0 Å². The summed E-state index contributed by atoms with van der Waals surface area (Å²) >= 11 is 0. The summed E-state index contributed by atoms with van der Waals surface area (Å²) in [6.07, 6.45) is 2.78. The van der Waals surface area contributed by atoms with E-state index in [1.54, 1.807) is 4.90 Å². The van der Waals surface area contributed by atoms with E-state index in [4.69, 9.17) is 0 Å². The summed E-state index contributed by atoms with van der Waals surface area (Å²) < 4.78 is 25.5. The molecule has 136 valence electrons. The molecule has 1 heterocycles. The predicted molar refractivity (Wildman–Crippen MR) is 102 cm³/mol. The van der Waals surface area contributed by atoms with Crippen LogP contribution >= 0.6 is 0 Å². The monoisotopic (exact) mass is 370 g/mol. The van der Waals surface area contributed by atoms with E-state index in [0.29, 0.717) is 0 Å². The molecule has 2 aliphatic rings. The summed E-state index contributed by atoms with van der Waals surface area (Å²) in [5, 5.41) is 0. The summed E-state index contributed by atoms with van der Waals surface area (Å²) in [6.45, 7) is 2.00. The summed E-state index contributed by atoms with van der Waals surface area (Å²) in [6, 6.07) is 13.2. The van der Waals surface area contributed by atoms with Crippen molar-refractivity contribution in [3.8, 4) is 0 Å². The first-order valence-electron chi connectivity index (χ1n) is 8.82. The zero-order valence-corrected chi connectivity index (χ0v) is 15.8. The number of anilines is 1. The highest BCUT2D eigenvalue weighted by molar-refractivity contribution is 7.70. The van der Waals surface area contributed by atoms with Crippen LogP contribution in [0.3, 0.4) is 0 Å². The lowest BCUT2D eigenvalue weighted by molar-refractivity contribution is -0.125. The molecular formula is C20H22N2O3S. The van der Waals surface area contributed by atoms with Gasteiger partial charge in [-0.25, -0.2) is 13.1 Å². The van der Waals surface area contributed by atoms with E-state index in [0.717, 1.165) is 47.2 Å². The van der Waals surface area contributed by atoms with E-state index in [9.17, 15) is 13.2 Å². The average molecular weight is 370 g/mol. The van der Waals surface area contributed by atoms with Crippen molar-refractivity contribution < 1.29 is 13.2 Å². The fourth-order valence-electron chi connectivity index (χ4n) is 4.17. The SMILES string of the molecule is Cc1ccc(C(N[SH](=O)=O)c2ccc3c(c2)C2(CCC2)C(=O)N3C)cc1. The summed E-state index contributed by atoms with van der Waals surface area (Å²) in [7, 11) is -0.942. The van der Waals surface area contributed by atoms with Gasteiger partial charge in [0.2, 0.25) is 16.8 Å². The van der Waals surface area contributed by atoms with Crippen molar-refractivity contribution in [2.45, 2.75) is 37.6 Å². The Bertz CT molecular complexity index is 938. The maximum Gasteiger partial charge on any atom is 0.237 e. The first kappa shape index (κ1) is 17.2. The second-order valence-corrected chi connectivity index (χ2v) is 8.08. The number of nitrogens with zero attached hydrogens (tertiary/aromatic N) is 1. The highest BCUT2D eigenvalue weighted by atomic mass is 32.2. The van der Waals surface area contributed by atoms with Gasteiger partial charge in [-0.2, -0.15) is 0 Å². The highest BCUT2D eigenvalue weighted by Crippen LogP contribution is 2.53. The largest absolute Gasteiger partial charge is 0.314 e. The molecule has 1 aliphatic carbocycles. The van der Waals surface area contributed by atoms with Crippen LogP contribution in [-0.2, 0) is 21.1 Å². The van der Waals surface area contributed by atoms with Crippen LogP contribution in [0.15, 0.2) is 42.5 Å². The van der Waals surface area contributed by atoms with Gasteiger partial charge in [-0.15, -0.1) is 0 Å². The van der Waals surface area contributed by atoms with Crippen molar-refractivity contribution >= 4 is 22.5 Å². The van der Waals surface area contributed by atoms with Gasteiger partial charge in [0, 0.05) is 12.7 Å². The third kappa shape index (κ3) is 2.56. The second kappa shape index (κ2) is 6.21. The zero-order valence-electron chi connectivity index (χ0n) is 14.9. The fraction of sp³-hybridized carbons (Fsp3) is 0.350. The minimum Gasteiger partial charge on any atom is -0.314 e. The fourth-order valence-corrected chi connectivity index (χ4v) is 4.68. The predicted octanol–water partition coefficient (Wildman–Crippen LogP) is 2.60. The van der Waals surface area contributed by atoms with Crippen LogP contribution < -0.4 is 9.62 Å². The third-order valence-corrected chi connectivity index (χ3v) is 6.27. The molecule has 6 heteroatoms. The van der Waals surface area contributed by atoms with E-state index >= 15 is 0 Å². The quantitative estimate of drug-likeness (QED) is 0.813. The molecule has 5 nitrogen and oxygen atoms in total. The number of fused-ring (bicyclic) bond motifs is 2. The molecule has 0 radical (unpaired) electrons. The maximum atomic E-state index is 12.7. The number of carbonyl (C=O) groups excluding carboxylic acids is 1. The van der Waals surface area contributed by atoms with Crippen LogP contribution in [0.2, 0.25) is 0 Å². The number of hydrogen-bond donors (Lipinski definition) is 2. The number of hydrogen-bond acceptors (Lipinski definition) is 3. The molecule has 1 aliphatic heterocycles. The third-order valence-electron chi connectivity index (χ3n) is 5.80. The first-order valence-corrected chi connectivity index (χ1v) is 10.00. The smallest absolute Gasteiger partial charge is 0.237 e. The Morgan fingerprint density at radius 3 is 2.31 bits per heavy atom. The molecule has 1 unspecified atom stereocenters. The van der Waals surface area contributed by atoms with E-state index in [1.165, 1.54) is 0 Å². The van der Waals surface area contributed by atoms with Crippen LogP contribution in [0.5, 0.6) is 0 Å². The standard InChI is InChI=1S/C20H22N2O3S/c1-13-4-6-14(7-5-13)18(21-26(24)25)15-8-9-17-16(12-15)20(10-3-11-20)19(23)22(17)2/h4-9,12,18,26H,3,10-11H2,1-2H3,(H,21,24,25). The van der Waals surface area contributed by atoms with Crippen LogP contribution in [0.4, 0.5) is 5.69 Å². The second-order valence-electron chi connectivity index (χ2n) is 7.31. The lowest BCUT2D eigenvalue weighted by Crippen LogP contribution is -2.43. The lowest BCUT2D eigenvalue weighted by atomic mass is 9.65. The van der Waals surface area contributed by atoms with Crippen molar-refractivity contribution in [3.63, 3.8) is 0 Å². The Kier molecular flexibility index (Phi) is 4.12. The number of thiol groups is 1. The Morgan fingerprint density at radius 1 is 1.08 bits per heavy atom. The summed E-state index contributed by atoms with van der Waals surface area (Å²) in [5.74, 6) is 0.158. The Balaban J connectivity index is 1.81. The van der Waals surface area contributed by atoms with Crippen LogP contribution in [0.25, 0.3) is 0 Å². The number of aryl methyl sites for hydroxylation is 1. The summed E-state index contributed by atoms with van der Waals surface area (Å²) in [4.78, 5) is 14.5. The lowest BCUT2D eigenvalue weighted by Gasteiger charge is -2.37. The van der Waals surface area contributed by atoms with Gasteiger partial charge < -0.3 is 4.90 Å². The van der Waals surface area contributed by atoms with Gasteiger partial charge in [0.05, 0.1) is 11.5 Å². The normalized spacial score (nSPS) is 18.9. The molecule has 1 N–H and O–H groups in total. The molecule has 1 amide bonds. The molecule has 1 fully saturated rings. The van der Waals surface area contributed by atoms with Gasteiger partial charge in [-0.1, -0.05) is 48.4 Å². The van der Waals surface area contributed by atoms with E-state index in [1.807, 2.05) is 56.4 Å². The molecule has 0 bridgehead atoms. The number of amides is 1. The molecule has 26 heavy (non-hydrogen) atoms. The topological polar surface area (TPSA) is 66.5 Å². The molecular weight excluding hydrogens is 348 g/mol. The molecule has 1 saturated carbocycles. The minimum absolute atomic E-state index is 0.158. The van der Waals surface area contributed by atoms with E-state index in [-0.39, 0.29) is 5.91 Å². The van der Waals surface area contributed by atoms with Crippen LogP contribution in [0.1, 0.15) is 47.6 Å². The molecule has 1 spiro atoms. The van der Waals surface area contributed by atoms with Crippen molar-refractivity contribution in [2.24, 2.45) is 0 Å². The molecule has 2 aromatic rings. The molecule has 0 saturated heterocycles. The Morgan fingerprint density at radius 2 is 1.73 bits per heavy atom. The number of likely N-dealkylation sites (N-methyl/N-ethyl adjacent to an activating group) is 1. The van der Waals surface area contributed by atoms with Gasteiger partial charge in [0.1, 0.15) is 0 Å². The molecule has 2 aromatic carbocycles. The van der Waals surface area contributed by atoms with E-state index < -0.39 is 22.3 Å². The Hall–Kier alpha value is -2.18. The average Bonchev–Trinajstić information content (AvgIpc) is 2.81. The van der Waals surface area contributed by atoms with Gasteiger partial charge in [0.25, 0.3) is 0 Å². The maximum absolute atomic E-state index is 12.7. The Labute approximate surface area is 155 Å². The van der Waals surface area contributed by atoms with Crippen molar-refractivity contribution in [3.05, 3.63) is 64.7 Å². The number of nitrogens with one attached hydrogen (secondary N) is 1. The first-order chi connectivity index (χ1) is 12.4. The zero-order chi connectivity index (χ0) is 18.5. The van der Waals surface area contributed by atoms with Gasteiger partial charge in [-0.3, -0.25) is 4.79 Å². The van der Waals surface area contributed by atoms with Crippen molar-refractivity contribution in [1.82, 2.24) is 4.72 Å². The number of benzene rings is 2. The van der Waals surface area contributed by atoms with Gasteiger partial charge in [0.15, 0.2) is 0 Å². The highest BCUT2D eigenvalue weighted by Gasteiger charge is 2.53. The van der Waals surface area contributed by atoms with Crippen LogP contribution in [0, 0.1) is 6.92 Å².